The fourth-order valence-corrected chi connectivity index (χ4v) is 5.64. The minimum Gasteiger partial charge on any atom is -0.394 e. The van der Waals surface area contributed by atoms with Crippen LogP contribution < -0.4 is 4.90 Å². The Morgan fingerprint density at radius 3 is 2.61 bits per heavy atom. The van der Waals surface area contributed by atoms with E-state index >= 15 is 0 Å². The highest BCUT2D eigenvalue weighted by Crippen LogP contribution is 2.39. The predicted molar refractivity (Wildman–Crippen MR) is 132 cm³/mol. The molecule has 2 aliphatic heterocycles. The zero-order valence-corrected chi connectivity index (χ0v) is 20.9. The molecule has 0 bridgehead atoms. The van der Waals surface area contributed by atoms with Gasteiger partial charge >= 0.3 is 0 Å². The molecule has 2 fully saturated rings. The quantitative estimate of drug-likeness (QED) is 0.398. The van der Waals surface area contributed by atoms with Gasteiger partial charge in [0.25, 0.3) is 0 Å². The third kappa shape index (κ3) is 4.84. The largest absolute Gasteiger partial charge is 0.394 e. The summed E-state index contributed by atoms with van der Waals surface area (Å²) in [5.74, 6) is -0.634. The Morgan fingerprint density at radius 2 is 1.94 bits per heavy atom. The Bertz CT molecular complexity index is 1300. The Balaban J connectivity index is 1.42. The number of hydrogen-bond donors (Lipinski definition) is 3. The lowest BCUT2D eigenvalue weighted by Crippen LogP contribution is -2.55. The zero-order valence-electron chi connectivity index (χ0n) is 18.5. The molecule has 5 rings (SSSR count). The van der Waals surface area contributed by atoms with E-state index in [4.69, 9.17) is 27.9 Å². The van der Waals surface area contributed by atoms with E-state index in [2.05, 4.69) is 10.3 Å². The molecule has 1 amide bonds. The van der Waals surface area contributed by atoms with Gasteiger partial charge in [0.2, 0.25) is 5.91 Å². The van der Waals surface area contributed by atoms with Crippen molar-refractivity contribution in [3.8, 4) is 11.3 Å². The number of aliphatic hydroxyl groups excluding tert-OH is 3. The Kier molecular flexibility index (Phi) is 7.23. The fraction of sp³-hybridized carbons (Fsp3) is 0.348. The molecule has 9 nitrogen and oxygen atoms in total. The molecule has 0 saturated carbocycles. The van der Waals surface area contributed by atoms with E-state index in [1.54, 1.807) is 24.3 Å². The first-order chi connectivity index (χ1) is 17.2. The van der Waals surface area contributed by atoms with Crippen molar-refractivity contribution >= 4 is 46.6 Å². The van der Waals surface area contributed by atoms with Gasteiger partial charge < -0.3 is 25.0 Å². The van der Waals surface area contributed by atoms with Crippen LogP contribution in [0.5, 0.6) is 0 Å². The number of aliphatic hydroxyl groups is 3. The molecule has 0 unspecified atom stereocenters. The molecule has 2 aromatic carbocycles. The number of aromatic nitrogens is 3. The van der Waals surface area contributed by atoms with E-state index in [0.717, 1.165) is 11.8 Å². The average Bonchev–Trinajstić information content (AvgIpc) is 3.32. The van der Waals surface area contributed by atoms with E-state index in [0.29, 0.717) is 39.2 Å². The van der Waals surface area contributed by atoms with Crippen LogP contribution in [-0.4, -0.2) is 73.1 Å². The summed E-state index contributed by atoms with van der Waals surface area (Å²) in [5, 5.41) is 40.6. The summed E-state index contributed by atoms with van der Waals surface area (Å²) in [6, 6.07) is 8.08. The summed E-state index contributed by atoms with van der Waals surface area (Å²) >= 11 is 13.2. The van der Waals surface area contributed by atoms with Crippen molar-refractivity contribution in [2.75, 3.05) is 18.1 Å². The van der Waals surface area contributed by atoms with E-state index in [1.165, 1.54) is 27.9 Å². The van der Waals surface area contributed by atoms with Crippen LogP contribution in [0.1, 0.15) is 12.5 Å². The number of carbonyl (C=O) groups excluding carboxylic acids is 1. The average molecular weight is 555 g/mol. The van der Waals surface area contributed by atoms with E-state index in [9.17, 15) is 24.5 Å². The fourth-order valence-electron chi connectivity index (χ4n) is 4.18. The number of carbonyl (C=O) groups is 1. The molecule has 0 spiro atoms. The van der Waals surface area contributed by atoms with Gasteiger partial charge in [-0.1, -0.05) is 40.2 Å². The first-order valence-electron chi connectivity index (χ1n) is 11.0. The number of ether oxygens (including phenoxy) is 1. The third-order valence-electron chi connectivity index (χ3n) is 6.15. The molecule has 1 aromatic heterocycles. The molecule has 3 N–H and O–H groups in total. The molecule has 3 aromatic rings. The lowest BCUT2D eigenvalue weighted by molar-refractivity contribution is -0.178. The van der Waals surface area contributed by atoms with Gasteiger partial charge in [-0.3, -0.25) is 4.79 Å². The molecule has 2 saturated heterocycles. The second kappa shape index (κ2) is 10.3. The number of benzene rings is 2. The smallest absolute Gasteiger partial charge is 0.228 e. The molecule has 36 heavy (non-hydrogen) atoms. The van der Waals surface area contributed by atoms with Crippen LogP contribution in [0.3, 0.4) is 0 Å². The lowest BCUT2D eigenvalue weighted by atomic mass is 9.97. The number of amides is 1. The molecule has 5 atom stereocenters. The number of halogens is 3. The maximum Gasteiger partial charge on any atom is 0.228 e. The Hall–Kier alpha value is -2.25. The van der Waals surface area contributed by atoms with E-state index in [1.807, 2.05) is 0 Å². The van der Waals surface area contributed by atoms with E-state index in [-0.39, 0.29) is 11.6 Å². The number of nitrogens with zero attached hydrogens (tertiary/aromatic N) is 4. The number of anilines is 1. The second-order valence-electron chi connectivity index (χ2n) is 8.47. The molecule has 0 radical (unpaired) electrons. The van der Waals surface area contributed by atoms with Crippen molar-refractivity contribution < 1.29 is 29.2 Å². The number of rotatable bonds is 6. The number of β-lactam (4-membered cyclic amide) rings is 1. The maximum atomic E-state index is 14.3. The van der Waals surface area contributed by atoms with Crippen LogP contribution in [0.4, 0.5) is 10.1 Å². The van der Waals surface area contributed by atoms with Crippen molar-refractivity contribution in [3.05, 3.63) is 58.5 Å². The molecule has 3 heterocycles. The highest BCUT2D eigenvalue weighted by atomic mass is 35.5. The van der Waals surface area contributed by atoms with Gasteiger partial charge in [-0.15, -0.1) is 5.10 Å². The molecule has 13 heteroatoms. The summed E-state index contributed by atoms with van der Waals surface area (Å²) in [5.41, 5.74) is 0.190. The van der Waals surface area contributed by atoms with Gasteiger partial charge in [0.15, 0.2) is 0 Å². The monoisotopic (exact) mass is 554 g/mol. The van der Waals surface area contributed by atoms with Crippen LogP contribution in [0.15, 0.2) is 47.5 Å². The van der Waals surface area contributed by atoms with Crippen molar-refractivity contribution in [2.45, 2.75) is 41.1 Å². The molecular formula is C23H21Cl2FN4O5S. The Morgan fingerprint density at radius 1 is 1.14 bits per heavy atom. The number of hydrogen-bond acceptors (Lipinski definition) is 8. The SMILES string of the molecule is O=C1CCN1c1cc(F)cc(-c2cn([C@H]3[C@@H](O)[C@@H](CO)O[C@@H](Sc4ccc(Cl)c(Cl)c4)[C@@H]3O)nn2)c1. The molecule has 0 aliphatic carbocycles. The number of thioether (sulfide) groups is 1. The lowest BCUT2D eigenvalue weighted by Gasteiger charge is -2.41. The highest BCUT2D eigenvalue weighted by molar-refractivity contribution is 7.99. The summed E-state index contributed by atoms with van der Waals surface area (Å²) in [7, 11) is 0. The van der Waals surface area contributed by atoms with Crippen LogP contribution in [0.2, 0.25) is 10.0 Å². The van der Waals surface area contributed by atoms with Gasteiger partial charge in [-0.05, 0) is 36.4 Å². The van der Waals surface area contributed by atoms with Crippen molar-refractivity contribution in [2.24, 2.45) is 0 Å². The molecular weight excluding hydrogens is 534 g/mol. The predicted octanol–water partition coefficient (Wildman–Crippen LogP) is 2.90. The molecule has 190 valence electrons. The summed E-state index contributed by atoms with van der Waals surface area (Å²) in [6.45, 7) is 0.0107. The van der Waals surface area contributed by atoms with Gasteiger partial charge in [0.1, 0.15) is 41.3 Å². The highest BCUT2D eigenvalue weighted by Gasteiger charge is 2.46. The third-order valence-corrected chi connectivity index (χ3v) is 8.04. The summed E-state index contributed by atoms with van der Waals surface area (Å²) in [4.78, 5) is 13.9. The van der Waals surface area contributed by atoms with Crippen molar-refractivity contribution in [1.82, 2.24) is 15.0 Å². The van der Waals surface area contributed by atoms with E-state index < -0.39 is 42.2 Å². The van der Waals surface area contributed by atoms with Crippen LogP contribution >= 0.6 is 35.0 Å². The molecule has 2 aliphatic rings. The Labute approximate surface area is 219 Å². The second-order valence-corrected chi connectivity index (χ2v) is 10.5. The van der Waals surface area contributed by atoms with Crippen molar-refractivity contribution in [1.29, 1.82) is 0 Å². The minimum absolute atomic E-state index is 0.0933. The van der Waals surface area contributed by atoms with Crippen LogP contribution in [-0.2, 0) is 9.53 Å². The summed E-state index contributed by atoms with van der Waals surface area (Å²) < 4.78 is 21.3. The standard InChI is InChI=1S/C23H21Cl2FN4O5S/c24-15-2-1-14(8-16(15)25)36-23-22(34)20(21(33)18(10-31)35-23)30-9-17(27-28-30)11-5-12(26)7-13(6-11)29-4-3-19(29)32/h1-2,5-9,18,20-23,31,33-34H,3-4,10H2/t18-,20+,21+,22-,23+/m1/s1. The maximum absolute atomic E-state index is 14.3. The van der Waals surface area contributed by atoms with Gasteiger partial charge in [0.05, 0.1) is 22.8 Å². The summed E-state index contributed by atoms with van der Waals surface area (Å²) in [6.07, 6.45) is -1.71. The van der Waals surface area contributed by atoms with Gasteiger partial charge in [0, 0.05) is 29.1 Å². The van der Waals surface area contributed by atoms with Crippen molar-refractivity contribution in [3.63, 3.8) is 0 Å². The zero-order chi connectivity index (χ0) is 25.6. The van der Waals surface area contributed by atoms with Gasteiger partial charge in [-0.2, -0.15) is 0 Å². The first-order valence-corrected chi connectivity index (χ1v) is 12.7. The normalized spacial score (nSPS) is 26.2. The van der Waals surface area contributed by atoms with Gasteiger partial charge in [-0.25, -0.2) is 9.07 Å². The van der Waals surface area contributed by atoms with Crippen LogP contribution in [0, 0.1) is 5.82 Å². The van der Waals surface area contributed by atoms with Crippen LogP contribution in [0.25, 0.3) is 11.3 Å². The minimum atomic E-state index is -1.31. The first kappa shape index (κ1) is 25.4. The topological polar surface area (TPSA) is 121 Å².